The van der Waals surface area contributed by atoms with Crippen LogP contribution in [-0.2, 0) is 4.74 Å². The van der Waals surface area contributed by atoms with E-state index in [1.165, 1.54) is 18.5 Å². The second-order valence-corrected chi connectivity index (χ2v) is 6.67. The van der Waals surface area contributed by atoms with Crippen molar-refractivity contribution in [1.82, 2.24) is 10.6 Å². The first-order valence-corrected chi connectivity index (χ1v) is 9.29. The number of hydrogen-bond acceptors (Lipinski definition) is 3. The highest BCUT2D eigenvalue weighted by Gasteiger charge is 2.22. The van der Waals surface area contributed by atoms with E-state index in [1.807, 2.05) is 0 Å². The molecule has 0 spiro atoms. The van der Waals surface area contributed by atoms with Gasteiger partial charge in [-0.3, -0.25) is 4.99 Å². The first kappa shape index (κ1) is 20.3. The number of nitrogens with one attached hydrogen (secondary N) is 2. The van der Waals surface area contributed by atoms with Gasteiger partial charge in [0, 0.05) is 45.0 Å². The Morgan fingerprint density at radius 1 is 1.24 bits per heavy atom. The molecular weight excluding hydrogens is 427 g/mol. The first-order chi connectivity index (χ1) is 11.8. The third-order valence-corrected chi connectivity index (χ3v) is 4.78. The van der Waals surface area contributed by atoms with Crippen LogP contribution in [0.3, 0.4) is 0 Å². The van der Waals surface area contributed by atoms with E-state index in [0.29, 0.717) is 12.0 Å². The Bertz CT molecular complexity index is 519. The standard InChI is InChI=1S/C19H30N4O.HI/c1-2-20-19(22-14-18-9-6-12-24-18)21-13-16-10-11-23(15-16)17-7-4-3-5-8-17;/h3-5,7-8,16,18H,2,6,9-15H2,1H3,(H2,20,21,22);1H. The van der Waals surface area contributed by atoms with Crippen LogP contribution < -0.4 is 15.5 Å². The summed E-state index contributed by atoms with van der Waals surface area (Å²) in [6.45, 7) is 7.85. The van der Waals surface area contributed by atoms with Gasteiger partial charge in [0.25, 0.3) is 0 Å². The van der Waals surface area contributed by atoms with Crippen molar-refractivity contribution in [3.8, 4) is 0 Å². The first-order valence-electron chi connectivity index (χ1n) is 9.29. The van der Waals surface area contributed by atoms with Gasteiger partial charge in [-0.2, -0.15) is 0 Å². The summed E-state index contributed by atoms with van der Waals surface area (Å²) in [5, 5.41) is 6.77. The van der Waals surface area contributed by atoms with Crippen molar-refractivity contribution in [3.63, 3.8) is 0 Å². The monoisotopic (exact) mass is 458 g/mol. The zero-order valence-electron chi connectivity index (χ0n) is 15.1. The predicted molar refractivity (Wildman–Crippen MR) is 115 cm³/mol. The van der Waals surface area contributed by atoms with Gasteiger partial charge in [0.05, 0.1) is 6.10 Å². The van der Waals surface area contributed by atoms with E-state index in [4.69, 9.17) is 9.73 Å². The highest BCUT2D eigenvalue weighted by Crippen LogP contribution is 2.23. The second kappa shape index (κ2) is 10.9. The van der Waals surface area contributed by atoms with Crippen LogP contribution in [0.2, 0.25) is 0 Å². The van der Waals surface area contributed by atoms with Crippen LogP contribution in [0.5, 0.6) is 0 Å². The molecule has 2 N–H and O–H groups in total. The van der Waals surface area contributed by atoms with Gasteiger partial charge in [-0.25, -0.2) is 0 Å². The number of guanidine groups is 1. The van der Waals surface area contributed by atoms with Crippen LogP contribution in [-0.4, -0.2) is 51.4 Å². The number of halogens is 1. The fraction of sp³-hybridized carbons (Fsp3) is 0.632. The summed E-state index contributed by atoms with van der Waals surface area (Å²) in [6.07, 6.45) is 3.89. The zero-order chi connectivity index (χ0) is 16.6. The predicted octanol–water partition coefficient (Wildman–Crippen LogP) is 2.87. The molecule has 0 aromatic heterocycles. The molecule has 2 aliphatic heterocycles. The van der Waals surface area contributed by atoms with E-state index in [-0.39, 0.29) is 24.0 Å². The molecule has 5 nitrogen and oxygen atoms in total. The van der Waals surface area contributed by atoms with E-state index in [1.54, 1.807) is 0 Å². The lowest BCUT2D eigenvalue weighted by molar-refractivity contribution is 0.114. The zero-order valence-corrected chi connectivity index (χ0v) is 17.4. The van der Waals surface area contributed by atoms with Gasteiger partial charge >= 0.3 is 0 Å². The largest absolute Gasteiger partial charge is 0.376 e. The summed E-state index contributed by atoms with van der Waals surface area (Å²) in [4.78, 5) is 7.26. The van der Waals surface area contributed by atoms with Crippen LogP contribution in [0.25, 0.3) is 0 Å². The normalized spacial score (nSPS) is 23.4. The fourth-order valence-electron chi connectivity index (χ4n) is 3.43. The van der Waals surface area contributed by atoms with Crippen molar-refractivity contribution < 1.29 is 4.74 Å². The quantitative estimate of drug-likeness (QED) is 0.391. The molecule has 2 unspecified atom stereocenters. The molecule has 140 valence electrons. The van der Waals surface area contributed by atoms with Crippen LogP contribution in [0.1, 0.15) is 26.2 Å². The topological polar surface area (TPSA) is 48.9 Å². The number of ether oxygens (including phenoxy) is 1. The van der Waals surface area contributed by atoms with Gasteiger partial charge < -0.3 is 20.3 Å². The Balaban J connectivity index is 0.00000225. The minimum atomic E-state index is 0. The van der Waals surface area contributed by atoms with Crippen LogP contribution in [0.4, 0.5) is 5.69 Å². The van der Waals surface area contributed by atoms with Crippen LogP contribution in [0.15, 0.2) is 35.3 Å². The van der Waals surface area contributed by atoms with Gasteiger partial charge in [0.2, 0.25) is 0 Å². The smallest absolute Gasteiger partial charge is 0.191 e. The Labute approximate surface area is 168 Å². The van der Waals surface area contributed by atoms with Gasteiger partial charge in [-0.1, -0.05) is 18.2 Å². The van der Waals surface area contributed by atoms with Crippen molar-refractivity contribution in [3.05, 3.63) is 30.3 Å². The summed E-state index contributed by atoms with van der Waals surface area (Å²) in [6, 6.07) is 10.7. The maximum absolute atomic E-state index is 5.67. The molecule has 1 aromatic rings. The Kier molecular flexibility index (Phi) is 8.81. The summed E-state index contributed by atoms with van der Waals surface area (Å²) >= 11 is 0. The molecule has 2 aliphatic rings. The third kappa shape index (κ3) is 6.33. The fourth-order valence-corrected chi connectivity index (χ4v) is 3.43. The summed E-state index contributed by atoms with van der Waals surface area (Å²) in [5.74, 6) is 1.55. The molecule has 3 rings (SSSR count). The molecule has 0 aliphatic carbocycles. The number of hydrogen-bond donors (Lipinski definition) is 2. The van der Waals surface area contributed by atoms with Gasteiger partial charge in [0.15, 0.2) is 5.96 Å². The number of benzene rings is 1. The van der Waals surface area contributed by atoms with Crippen LogP contribution >= 0.6 is 24.0 Å². The van der Waals surface area contributed by atoms with Crippen molar-refractivity contribution >= 4 is 35.6 Å². The van der Waals surface area contributed by atoms with Crippen LogP contribution in [0, 0.1) is 5.92 Å². The molecule has 0 bridgehead atoms. The maximum Gasteiger partial charge on any atom is 0.191 e. The number of para-hydroxylation sites is 1. The molecule has 2 saturated heterocycles. The average molecular weight is 458 g/mol. The van der Waals surface area contributed by atoms with Gasteiger partial charge in [-0.05, 0) is 44.2 Å². The van der Waals surface area contributed by atoms with Crippen molar-refractivity contribution in [2.45, 2.75) is 32.3 Å². The van der Waals surface area contributed by atoms with Crippen molar-refractivity contribution in [2.75, 3.05) is 44.2 Å². The molecule has 2 fully saturated rings. The average Bonchev–Trinajstić information content (AvgIpc) is 3.30. The molecule has 0 amide bonds. The summed E-state index contributed by atoms with van der Waals surface area (Å²) < 4.78 is 5.67. The molecule has 6 heteroatoms. The molecule has 0 radical (unpaired) electrons. The Morgan fingerprint density at radius 3 is 2.80 bits per heavy atom. The molecule has 0 saturated carbocycles. The molecular formula is C19H31IN4O. The molecule has 2 heterocycles. The summed E-state index contributed by atoms with van der Waals surface area (Å²) in [5.41, 5.74) is 1.33. The molecule has 1 aromatic carbocycles. The second-order valence-electron chi connectivity index (χ2n) is 6.67. The lowest BCUT2D eigenvalue weighted by Gasteiger charge is -2.18. The highest BCUT2D eigenvalue weighted by molar-refractivity contribution is 14.0. The minimum absolute atomic E-state index is 0. The van der Waals surface area contributed by atoms with E-state index < -0.39 is 0 Å². The number of anilines is 1. The van der Waals surface area contributed by atoms with E-state index >= 15 is 0 Å². The number of rotatable bonds is 6. The summed E-state index contributed by atoms with van der Waals surface area (Å²) in [7, 11) is 0. The minimum Gasteiger partial charge on any atom is -0.376 e. The Morgan fingerprint density at radius 2 is 2.08 bits per heavy atom. The lowest BCUT2D eigenvalue weighted by Crippen LogP contribution is -2.41. The SMILES string of the molecule is CCNC(=NCC1CCN(c2ccccc2)C1)NCC1CCCO1.I. The van der Waals surface area contributed by atoms with Gasteiger partial charge in [-0.15, -0.1) is 24.0 Å². The highest BCUT2D eigenvalue weighted by atomic mass is 127. The van der Waals surface area contributed by atoms with E-state index in [0.717, 1.165) is 51.7 Å². The Hall–Kier alpha value is -1.02. The molecule has 25 heavy (non-hydrogen) atoms. The number of aliphatic imine (C=N–C) groups is 1. The van der Waals surface area contributed by atoms with E-state index in [9.17, 15) is 0 Å². The number of nitrogens with zero attached hydrogens (tertiary/aromatic N) is 2. The third-order valence-electron chi connectivity index (χ3n) is 4.78. The van der Waals surface area contributed by atoms with E-state index in [2.05, 4.69) is 52.8 Å². The van der Waals surface area contributed by atoms with Crippen molar-refractivity contribution in [2.24, 2.45) is 10.9 Å². The molecule has 2 atom stereocenters. The lowest BCUT2D eigenvalue weighted by atomic mass is 10.1. The van der Waals surface area contributed by atoms with Gasteiger partial charge in [0.1, 0.15) is 0 Å². The maximum atomic E-state index is 5.67. The van der Waals surface area contributed by atoms with Crippen molar-refractivity contribution in [1.29, 1.82) is 0 Å².